The Morgan fingerprint density at radius 1 is 1.21 bits per heavy atom. The second kappa shape index (κ2) is 2.08. The van der Waals surface area contributed by atoms with Crippen LogP contribution in [0, 0.1) is 5.41 Å². The predicted molar refractivity (Wildman–Crippen MR) is 45.1 cm³/mol. The molecule has 0 N–H and O–H groups in total. The maximum absolute atomic E-state index is 11.6. The monoisotopic (exact) mass is 192 g/mol. The first-order valence-corrected chi connectivity index (χ1v) is 4.45. The minimum Gasteiger partial charge on any atom is -0.460 e. The van der Waals surface area contributed by atoms with Crippen molar-refractivity contribution in [1.29, 1.82) is 0 Å². The van der Waals surface area contributed by atoms with Crippen molar-refractivity contribution in [2.45, 2.75) is 12.0 Å². The molecule has 0 aromatic carbocycles. The molecule has 2 aliphatic heterocycles. The molecule has 3 rings (SSSR count). The number of cyclic esters (lactones) is 1. The highest BCUT2D eigenvalue weighted by atomic mass is 16.6. The summed E-state index contributed by atoms with van der Waals surface area (Å²) in [5.74, 6) is -0.693. The fraction of sp³-hybridized carbons (Fsp3) is 0.400. The standard InChI is InChI=1S/C10H8O4/c11-7-5-9-3-1-2-4-10(9,14-7)6-13-8(9)12/h1-4H,5-6H2. The Morgan fingerprint density at radius 2 is 2.00 bits per heavy atom. The van der Waals surface area contributed by atoms with Crippen LogP contribution >= 0.6 is 0 Å². The lowest BCUT2D eigenvalue weighted by atomic mass is 9.71. The maximum Gasteiger partial charge on any atom is 0.321 e. The van der Waals surface area contributed by atoms with Gasteiger partial charge in [-0.15, -0.1) is 0 Å². The minimum absolute atomic E-state index is 0.0900. The lowest BCUT2D eigenvalue weighted by Crippen LogP contribution is -2.43. The highest BCUT2D eigenvalue weighted by molar-refractivity contribution is 5.93. The first kappa shape index (κ1) is 7.79. The highest BCUT2D eigenvalue weighted by Gasteiger charge is 2.68. The van der Waals surface area contributed by atoms with E-state index in [1.807, 2.05) is 0 Å². The van der Waals surface area contributed by atoms with Crippen LogP contribution in [0.15, 0.2) is 24.3 Å². The third kappa shape index (κ3) is 0.626. The van der Waals surface area contributed by atoms with E-state index in [1.54, 1.807) is 24.3 Å². The molecule has 0 bridgehead atoms. The number of hydrogen-bond acceptors (Lipinski definition) is 4. The zero-order valence-corrected chi connectivity index (χ0v) is 7.36. The van der Waals surface area contributed by atoms with Crippen LogP contribution in [0.4, 0.5) is 0 Å². The van der Waals surface area contributed by atoms with Crippen LogP contribution in [0.2, 0.25) is 0 Å². The molecule has 2 atom stereocenters. The van der Waals surface area contributed by atoms with Gasteiger partial charge >= 0.3 is 11.9 Å². The Labute approximate surface area is 80.2 Å². The predicted octanol–water partition coefficient (Wildman–Crippen LogP) is 0.341. The van der Waals surface area contributed by atoms with E-state index < -0.39 is 11.0 Å². The Morgan fingerprint density at radius 3 is 2.79 bits per heavy atom. The summed E-state index contributed by atoms with van der Waals surface area (Å²) in [6.45, 7) is 0.137. The quantitative estimate of drug-likeness (QED) is 0.519. The van der Waals surface area contributed by atoms with Gasteiger partial charge in [-0.3, -0.25) is 9.59 Å². The van der Waals surface area contributed by atoms with E-state index in [0.29, 0.717) is 0 Å². The van der Waals surface area contributed by atoms with Gasteiger partial charge in [-0.25, -0.2) is 0 Å². The van der Waals surface area contributed by atoms with Gasteiger partial charge in [0, 0.05) is 0 Å². The fourth-order valence-electron chi connectivity index (χ4n) is 2.34. The van der Waals surface area contributed by atoms with Crippen LogP contribution in [0.3, 0.4) is 0 Å². The maximum atomic E-state index is 11.6. The van der Waals surface area contributed by atoms with E-state index in [2.05, 4.69) is 0 Å². The summed E-state index contributed by atoms with van der Waals surface area (Å²) < 4.78 is 10.2. The molecule has 0 aromatic rings. The first-order valence-electron chi connectivity index (χ1n) is 4.45. The van der Waals surface area contributed by atoms with E-state index in [0.717, 1.165) is 0 Å². The summed E-state index contributed by atoms with van der Waals surface area (Å²) in [4.78, 5) is 22.9. The average molecular weight is 192 g/mol. The molecule has 2 heterocycles. The summed E-state index contributed by atoms with van der Waals surface area (Å²) in [6, 6.07) is 0. The topological polar surface area (TPSA) is 52.6 Å². The Kier molecular flexibility index (Phi) is 1.16. The van der Waals surface area contributed by atoms with E-state index in [-0.39, 0.29) is 25.0 Å². The minimum atomic E-state index is -0.890. The molecule has 2 unspecified atom stereocenters. The lowest BCUT2D eigenvalue weighted by Gasteiger charge is -2.29. The molecule has 0 radical (unpaired) electrons. The third-order valence-corrected chi connectivity index (χ3v) is 3.11. The van der Waals surface area contributed by atoms with E-state index in [1.165, 1.54) is 0 Å². The van der Waals surface area contributed by atoms with Crippen molar-refractivity contribution in [3.05, 3.63) is 24.3 Å². The SMILES string of the molecule is O=C1CC23C=CC=CC2(COC3=O)O1. The van der Waals surface area contributed by atoms with E-state index in [9.17, 15) is 9.59 Å². The van der Waals surface area contributed by atoms with Gasteiger partial charge in [0.05, 0.1) is 6.42 Å². The molecule has 2 fully saturated rings. The molecule has 3 aliphatic rings. The van der Waals surface area contributed by atoms with Crippen molar-refractivity contribution in [1.82, 2.24) is 0 Å². The molecule has 0 aromatic heterocycles. The van der Waals surface area contributed by atoms with Gasteiger partial charge < -0.3 is 9.47 Å². The average Bonchev–Trinajstić information content (AvgIpc) is 2.60. The van der Waals surface area contributed by atoms with Crippen molar-refractivity contribution >= 4 is 11.9 Å². The number of carbonyl (C=O) groups excluding carboxylic acids is 2. The number of allylic oxidation sites excluding steroid dienone is 2. The van der Waals surface area contributed by atoms with Crippen molar-refractivity contribution in [2.24, 2.45) is 5.41 Å². The second-order valence-electron chi connectivity index (χ2n) is 3.81. The van der Waals surface area contributed by atoms with Crippen LogP contribution in [0.25, 0.3) is 0 Å². The second-order valence-corrected chi connectivity index (χ2v) is 3.81. The number of rotatable bonds is 0. The summed E-state index contributed by atoms with van der Waals surface area (Å²) in [5.41, 5.74) is -1.76. The van der Waals surface area contributed by atoms with Crippen LogP contribution < -0.4 is 0 Å². The van der Waals surface area contributed by atoms with Gasteiger partial charge in [-0.05, 0) is 6.08 Å². The van der Waals surface area contributed by atoms with Gasteiger partial charge in [-0.1, -0.05) is 18.2 Å². The van der Waals surface area contributed by atoms with Crippen LogP contribution in [0.1, 0.15) is 6.42 Å². The summed E-state index contributed by atoms with van der Waals surface area (Å²) in [7, 11) is 0. The number of esters is 2. The summed E-state index contributed by atoms with van der Waals surface area (Å²) >= 11 is 0. The van der Waals surface area contributed by atoms with Gasteiger partial charge in [0.2, 0.25) is 0 Å². The van der Waals surface area contributed by atoms with E-state index in [4.69, 9.17) is 9.47 Å². The third-order valence-electron chi connectivity index (χ3n) is 3.11. The highest BCUT2D eigenvalue weighted by Crippen LogP contribution is 2.53. The smallest absolute Gasteiger partial charge is 0.321 e. The van der Waals surface area contributed by atoms with Gasteiger partial charge in [-0.2, -0.15) is 0 Å². The summed E-state index contributed by atoms with van der Waals surface area (Å²) in [6.07, 6.45) is 7.08. The number of carbonyl (C=O) groups is 2. The van der Waals surface area contributed by atoms with Crippen molar-refractivity contribution in [3.63, 3.8) is 0 Å². The van der Waals surface area contributed by atoms with Gasteiger partial charge in [0.25, 0.3) is 0 Å². The number of hydrogen-bond donors (Lipinski definition) is 0. The Balaban J connectivity index is 2.22. The fourth-order valence-corrected chi connectivity index (χ4v) is 2.34. The molecular weight excluding hydrogens is 184 g/mol. The molecule has 0 saturated carbocycles. The Bertz CT molecular complexity index is 395. The molecule has 4 heteroatoms. The molecule has 14 heavy (non-hydrogen) atoms. The van der Waals surface area contributed by atoms with Crippen LogP contribution in [0.5, 0.6) is 0 Å². The van der Waals surface area contributed by atoms with Crippen molar-refractivity contribution in [3.8, 4) is 0 Å². The first-order chi connectivity index (χ1) is 6.69. The molecule has 0 spiro atoms. The van der Waals surface area contributed by atoms with Crippen molar-refractivity contribution in [2.75, 3.05) is 6.61 Å². The van der Waals surface area contributed by atoms with E-state index >= 15 is 0 Å². The normalized spacial score (nSPS) is 43.1. The van der Waals surface area contributed by atoms with Gasteiger partial charge in [0.1, 0.15) is 12.0 Å². The largest absolute Gasteiger partial charge is 0.460 e. The molecule has 2 saturated heterocycles. The summed E-state index contributed by atoms with van der Waals surface area (Å²) in [5, 5.41) is 0. The molecular formula is C10H8O4. The molecule has 0 amide bonds. The molecule has 72 valence electrons. The zero-order valence-electron chi connectivity index (χ0n) is 7.36. The molecule has 1 aliphatic carbocycles. The zero-order chi connectivity index (χ0) is 9.81. The lowest BCUT2D eigenvalue weighted by molar-refractivity contribution is -0.149. The van der Waals surface area contributed by atoms with Crippen molar-refractivity contribution < 1.29 is 19.1 Å². The van der Waals surface area contributed by atoms with Gasteiger partial charge in [0.15, 0.2) is 5.60 Å². The molecule has 4 nitrogen and oxygen atoms in total. The van der Waals surface area contributed by atoms with Crippen LogP contribution in [-0.4, -0.2) is 24.1 Å². The van der Waals surface area contributed by atoms with Crippen LogP contribution in [-0.2, 0) is 19.1 Å². The number of ether oxygens (including phenoxy) is 2. The Hall–Kier alpha value is -1.58.